The summed E-state index contributed by atoms with van der Waals surface area (Å²) in [7, 11) is 0. The number of nitrogens with one attached hydrogen (secondary N) is 1. The Labute approximate surface area is 105 Å². The number of ether oxygens (including phenoxy) is 1. The van der Waals surface area contributed by atoms with Crippen LogP contribution in [0, 0.1) is 11.7 Å². The summed E-state index contributed by atoms with van der Waals surface area (Å²) in [5.74, 6) is 0.605. The van der Waals surface area contributed by atoms with E-state index in [1.54, 1.807) is 6.07 Å². The van der Waals surface area contributed by atoms with Gasteiger partial charge in [-0.3, -0.25) is 4.79 Å². The SMILES string of the molecule is O=C(NCCS)C1COc2cc(F)ccc2C1. The highest BCUT2D eigenvalue weighted by Gasteiger charge is 2.25. The first-order valence-electron chi connectivity index (χ1n) is 5.50. The van der Waals surface area contributed by atoms with Crippen molar-refractivity contribution in [3.05, 3.63) is 29.6 Å². The topological polar surface area (TPSA) is 38.3 Å². The quantitative estimate of drug-likeness (QED) is 0.802. The predicted molar refractivity (Wildman–Crippen MR) is 66.0 cm³/mol. The number of fused-ring (bicyclic) bond motifs is 1. The van der Waals surface area contributed by atoms with Crippen LogP contribution < -0.4 is 10.1 Å². The van der Waals surface area contributed by atoms with Crippen molar-refractivity contribution in [1.82, 2.24) is 5.32 Å². The van der Waals surface area contributed by atoms with Crippen molar-refractivity contribution in [3.63, 3.8) is 0 Å². The van der Waals surface area contributed by atoms with E-state index in [4.69, 9.17) is 4.74 Å². The molecule has 1 N–H and O–H groups in total. The van der Waals surface area contributed by atoms with Gasteiger partial charge in [0.25, 0.3) is 0 Å². The summed E-state index contributed by atoms with van der Waals surface area (Å²) in [6, 6.07) is 4.41. The molecule has 0 radical (unpaired) electrons. The molecule has 92 valence electrons. The molecule has 0 spiro atoms. The molecule has 0 saturated heterocycles. The molecule has 2 rings (SSSR count). The molecule has 0 aliphatic carbocycles. The normalized spacial score (nSPS) is 18.1. The van der Waals surface area contributed by atoms with E-state index in [1.165, 1.54) is 12.1 Å². The maximum Gasteiger partial charge on any atom is 0.226 e. The monoisotopic (exact) mass is 255 g/mol. The molecule has 1 aliphatic heterocycles. The molecule has 1 aliphatic rings. The summed E-state index contributed by atoms with van der Waals surface area (Å²) in [5, 5.41) is 2.77. The second-order valence-electron chi connectivity index (χ2n) is 3.98. The highest BCUT2D eigenvalue weighted by molar-refractivity contribution is 7.80. The molecule has 5 heteroatoms. The van der Waals surface area contributed by atoms with E-state index in [0.29, 0.717) is 31.1 Å². The summed E-state index contributed by atoms with van der Waals surface area (Å²) in [6.45, 7) is 0.851. The first kappa shape index (κ1) is 12.2. The van der Waals surface area contributed by atoms with Crippen LogP contribution in [0.5, 0.6) is 5.75 Å². The van der Waals surface area contributed by atoms with E-state index in [9.17, 15) is 9.18 Å². The third-order valence-corrected chi connectivity index (χ3v) is 2.94. The number of rotatable bonds is 3. The maximum atomic E-state index is 12.9. The van der Waals surface area contributed by atoms with Crippen LogP contribution in [-0.4, -0.2) is 24.8 Å². The van der Waals surface area contributed by atoms with Crippen LogP contribution in [0.2, 0.25) is 0 Å². The van der Waals surface area contributed by atoms with Crippen molar-refractivity contribution in [3.8, 4) is 5.75 Å². The minimum absolute atomic E-state index is 0.0333. The summed E-state index contributed by atoms with van der Waals surface area (Å²) in [6.07, 6.45) is 0.591. The van der Waals surface area contributed by atoms with E-state index in [2.05, 4.69) is 17.9 Å². The Bertz CT molecular complexity index is 425. The van der Waals surface area contributed by atoms with Crippen LogP contribution in [0.25, 0.3) is 0 Å². The van der Waals surface area contributed by atoms with Gasteiger partial charge in [-0.1, -0.05) is 6.07 Å². The molecule has 0 fully saturated rings. The maximum absolute atomic E-state index is 12.9. The summed E-state index contributed by atoms with van der Waals surface area (Å²) in [5.41, 5.74) is 0.878. The van der Waals surface area contributed by atoms with Gasteiger partial charge in [0.15, 0.2) is 0 Å². The van der Waals surface area contributed by atoms with Gasteiger partial charge in [-0.25, -0.2) is 4.39 Å². The van der Waals surface area contributed by atoms with E-state index >= 15 is 0 Å². The van der Waals surface area contributed by atoms with Crippen LogP contribution in [0.15, 0.2) is 18.2 Å². The number of thiol groups is 1. The summed E-state index contributed by atoms with van der Waals surface area (Å²) < 4.78 is 18.3. The van der Waals surface area contributed by atoms with Crippen LogP contribution in [0.3, 0.4) is 0 Å². The molecule has 1 unspecified atom stereocenters. The van der Waals surface area contributed by atoms with Crippen molar-refractivity contribution in [2.45, 2.75) is 6.42 Å². The zero-order valence-corrected chi connectivity index (χ0v) is 10.2. The Kier molecular flexibility index (Phi) is 3.89. The first-order valence-corrected chi connectivity index (χ1v) is 6.13. The number of hydrogen-bond donors (Lipinski definition) is 2. The predicted octanol–water partition coefficient (Wildman–Crippen LogP) is 1.42. The number of amides is 1. The average molecular weight is 255 g/mol. The van der Waals surface area contributed by atoms with Gasteiger partial charge in [0.1, 0.15) is 18.2 Å². The standard InChI is InChI=1S/C12H14FNO2S/c13-10-2-1-8-5-9(7-16-11(8)6-10)12(15)14-3-4-17/h1-2,6,9,17H,3-5,7H2,(H,14,15). The van der Waals surface area contributed by atoms with Gasteiger partial charge in [0.2, 0.25) is 5.91 Å². The Hall–Kier alpha value is -1.23. The summed E-state index contributed by atoms with van der Waals surface area (Å²) in [4.78, 5) is 11.7. The lowest BCUT2D eigenvalue weighted by atomic mass is 9.96. The van der Waals surface area contributed by atoms with Gasteiger partial charge >= 0.3 is 0 Å². The van der Waals surface area contributed by atoms with Crippen LogP contribution in [-0.2, 0) is 11.2 Å². The second-order valence-corrected chi connectivity index (χ2v) is 4.43. The molecule has 3 nitrogen and oxygen atoms in total. The molecule has 17 heavy (non-hydrogen) atoms. The van der Waals surface area contributed by atoms with Crippen LogP contribution in [0.4, 0.5) is 4.39 Å². The van der Waals surface area contributed by atoms with Gasteiger partial charge < -0.3 is 10.1 Å². The Morgan fingerprint density at radius 2 is 2.41 bits per heavy atom. The molecule has 1 aromatic carbocycles. The van der Waals surface area contributed by atoms with Crippen molar-refractivity contribution in [2.24, 2.45) is 5.92 Å². The van der Waals surface area contributed by atoms with Gasteiger partial charge in [-0.15, -0.1) is 0 Å². The number of benzene rings is 1. The van der Waals surface area contributed by atoms with E-state index in [0.717, 1.165) is 5.56 Å². The number of carbonyl (C=O) groups is 1. The largest absolute Gasteiger partial charge is 0.492 e. The van der Waals surface area contributed by atoms with Crippen molar-refractivity contribution < 1.29 is 13.9 Å². The molecule has 0 saturated carbocycles. The highest BCUT2D eigenvalue weighted by atomic mass is 32.1. The Morgan fingerprint density at radius 1 is 1.59 bits per heavy atom. The molecular formula is C12H14FNO2S. The summed E-state index contributed by atoms with van der Waals surface area (Å²) >= 11 is 4.03. The van der Waals surface area contributed by atoms with Crippen molar-refractivity contribution in [2.75, 3.05) is 18.9 Å². The lowest BCUT2D eigenvalue weighted by Crippen LogP contribution is -2.38. The zero-order chi connectivity index (χ0) is 12.3. The molecule has 0 bridgehead atoms. The minimum atomic E-state index is -0.318. The third kappa shape index (κ3) is 2.91. The van der Waals surface area contributed by atoms with Crippen molar-refractivity contribution in [1.29, 1.82) is 0 Å². The van der Waals surface area contributed by atoms with Gasteiger partial charge in [0, 0.05) is 18.4 Å². The number of carbonyl (C=O) groups excluding carboxylic acids is 1. The first-order chi connectivity index (χ1) is 8.20. The number of hydrogen-bond acceptors (Lipinski definition) is 3. The fourth-order valence-corrected chi connectivity index (χ4v) is 1.95. The molecule has 1 aromatic rings. The lowest BCUT2D eigenvalue weighted by Gasteiger charge is -2.24. The van der Waals surface area contributed by atoms with Crippen molar-refractivity contribution >= 4 is 18.5 Å². The van der Waals surface area contributed by atoms with E-state index in [-0.39, 0.29) is 17.6 Å². The fourth-order valence-electron chi connectivity index (χ4n) is 1.84. The number of halogens is 1. The Balaban J connectivity index is 2.03. The van der Waals surface area contributed by atoms with Gasteiger partial charge in [0.05, 0.1) is 5.92 Å². The minimum Gasteiger partial charge on any atom is -0.492 e. The fraction of sp³-hybridized carbons (Fsp3) is 0.417. The lowest BCUT2D eigenvalue weighted by molar-refractivity contribution is -0.126. The Morgan fingerprint density at radius 3 is 3.18 bits per heavy atom. The molecule has 1 atom stereocenters. The van der Waals surface area contributed by atoms with Gasteiger partial charge in [-0.05, 0) is 18.1 Å². The molecular weight excluding hydrogens is 241 g/mol. The highest BCUT2D eigenvalue weighted by Crippen LogP contribution is 2.27. The van der Waals surface area contributed by atoms with E-state index in [1.807, 2.05) is 0 Å². The second kappa shape index (κ2) is 5.40. The molecule has 1 heterocycles. The molecule has 1 amide bonds. The molecule has 0 aromatic heterocycles. The van der Waals surface area contributed by atoms with E-state index < -0.39 is 0 Å². The van der Waals surface area contributed by atoms with Gasteiger partial charge in [-0.2, -0.15) is 12.6 Å². The smallest absolute Gasteiger partial charge is 0.226 e. The zero-order valence-electron chi connectivity index (χ0n) is 9.28. The third-order valence-electron chi connectivity index (χ3n) is 2.72. The van der Waals surface area contributed by atoms with Crippen LogP contribution in [0.1, 0.15) is 5.56 Å². The van der Waals surface area contributed by atoms with Crippen LogP contribution >= 0.6 is 12.6 Å². The average Bonchev–Trinajstić information content (AvgIpc) is 2.35.